The van der Waals surface area contributed by atoms with Crippen molar-refractivity contribution >= 4 is 23.8 Å². The van der Waals surface area contributed by atoms with Gasteiger partial charge in [-0.05, 0) is 26.3 Å². The molecule has 16 heteroatoms. The van der Waals surface area contributed by atoms with E-state index in [-0.39, 0.29) is 45.4 Å². The van der Waals surface area contributed by atoms with Crippen LogP contribution in [0.1, 0.15) is 27.2 Å². The Bertz CT molecular complexity index is 861. The van der Waals surface area contributed by atoms with E-state index in [9.17, 15) is 19.2 Å². The standard InChI is InChI=1S/C25H43N5O11/c1-25(2,3)41-23(33)17-21(31)30-7-6-29(18-20(30)24(34)35-4)22(32)19-40-16-15-39-14-13-38-12-11-37-10-9-36-8-5-27-28-26/h20H,5-19H2,1-4H3. The van der Waals surface area contributed by atoms with Gasteiger partial charge >= 0.3 is 11.9 Å². The molecule has 0 radical (unpaired) electrons. The van der Waals surface area contributed by atoms with Crippen LogP contribution in [0, 0.1) is 0 Å². The molecule has 0 aromatic carbocycles. The van der Waals surface area contributed by atoms with Crippen LogP contribution >= 0.6 is 0 Å². The van der Waals surface area contributed by atoms with Gasteiger partial charge in [0.15, 0.2) is 0 Å². The van der Waals surface area contributed by atoms with Crippen molar-refractivity contribution in [2.75, 3.05) is 99.4 Å². The second-order valence-electron chi connectivity index (χ2n) is 9.69. The molecule has 0 aromatic rings. The van der Waals surface area contributed by atoms with Crippen LogP contribution in [0.25, 0.3) is 10.4 Å². The van der Waals surface area contributed by atoms with Crippen molar-refractivity contribution in [3.05, 3.63) is 10.4 Å². The molecule has 234 valence electrons. The number of rotatable bonds is 20. The van der Waals surface area contributed by atoms with Gasteiger partial charge in [0.2, 0.25) is 11.8 Å². The molecule has 1 aliphatic heterocycles. The Morgan fingerprint density at radius 1 is 0.829 bits per heavy atom. The van der Waals surface area contributed by atoms with E-state index in [0.29, 0.717) is 52.8 Å². The lowest BCUT2D eigenvalue weighted by molar-refractivity contribution is -0.165. The molecule has 0 bridgehead atoms. The van der Waals surface area contributed by atoms with Crippen molar-refractivity contribution in [2.45, 2.75) is 38.8 Å². The zero-order valence-corrected chi connectivity index (χ0v) is 24.4. The topological polar surface area (TPSA) is 188 Å². The number of ether oxygens (including phenoxy) is 7. The van der Waals surface area contributed by atoms with E-state index in [1.54, 1.807) is 20.8 Å². The minimum absolute atomic E-state index is 0.0634. The zero-order valence-electron chi connectivity index (χ0n) is 24.4. The Labute approximate surface area is 240 Å². The maximum Gasteiger partial charge on any atom is 0.330 e. The number of methoxy groups -OCH3 is 1. The summed E-state index contributed by atoms with van der Waals surface area (Å²) in [5.41, 5.74) is 7.39. The quantitative estimate of drug-likeness (QED) is 0.0475. The summed E-state index contributed by atoms with van der Waals surface area (Å²) < 4.78 is 36.7. The Hall–Kier alpha value is -3.01. The van der Waals surface area contributed by atoms with Gasteiger partial charge in [0.05, 0.1) is 73.1 Å². The van der Waals surface area contributed by atoms with Crippen molar-refractivity contribution in [1.29, 1.82) is 0 Å². The van der Waals surface area contributed by atoms with Gasteiger partial charge in [-0.1, -0.05) is 5.11 Å². The summed E-state index contributed by atoms with van der Waals surface area (Å²) in [6.45, 7) is 8.47. The Balaban J connectivity index is 2.19. The SMILES string of the molecule is COC(=O)C1CN(C(=O)COCCOCCOCCOCCOCCN=[N+]=[N-])CCN1C(=O)CC(=O)OC(C)(C)C. The summed E-state index contributed by atoms with van der Waals surface area (Å²) in [6.07, 6.45) is -0.516. The van der Waals surface area contributed by atoms with Crippen LogP contribution in [0.5, 0.6) is 0 Å². The highest BCUT2D eigenvalue weighted by Crippen LogP contribution is 2.15. The largest absolute Gasteiger partial charge is 0.467 e. The summed E-state index contributed by atoms with van der Waals surface area (Å²) in [6, 6.07) is -1.04. The van der Waals surface area contributed by atoms with Crippen molar-refractivity contribution in [1.82, 2.24) is 9.80 Å². The number of piperazine rings is 1. The second-order valence-corrected chi connectivity index (χ2v) is 9.69. The monoisotopic (exact) mass is 589 g/mol. The highest BCUT2D eigenvalue weighted by Gasteiger charge is 2.38. The molecule has 41 heavy (non-hydrogen) atoms. The van der Waals surface area contributed by atoms with Crippen LogP contribution in [-0.2, 0) is 52.3 Å². The summed E-state index contributed by atoms with van der Waals surface area (Å²) >= 11 is 0. The van der Waals surface area contributed by atoms with Gasteiger partial charge in [-0.25, -0.2) is 4.79 Å². The lowest BCUT2D eigenvalue weighted by Gasteiger charge is -2.39. The number of azide groups is 1. The predicted octanol–water partition coefficient (Wildman–Crippen LogP) is 0.324. The maximum atomic E-state index is 12.7. The Morgan fingerprint density at radius 2 is 1.37 bits per heavy atom. The van der Waals surface area contributed by atoms with Crippen molar-refractivity contribution in [3.63, 3.8) is 0 Å². The van der Waals surface area contributed by atoms with Gasteiger partial charge in [0.1, 0.15) is 24.7 Å². The second kappa shape index (κ2) is 20.8. The van der Waals surface area contributed by atoms with Gasteiger partial charge < -0.3 is 43.0 Å². The van der Waals surface area contributed by atoms with Gasteiger partial charge in [-0.15, -0.1) is 0 Å². The van der Waals surface area contributed by atoms with Crippen LogP contribution in [0.15, 0.2) is 5.11 Å². The lowest BCUT2D eigenvalue weighted by Crippen LogP contribution is -2.60. The number of amides is 2. The Kier molecular flexibility index (Phi) is 18.3. The van der Waals surface area contributed by atoms with Crippen molar-refractivity contribution in [2.24, 2.45) is 5.11 Å². The molecule has 1 heterocycles. The maximum absolute atomic E-state index is 12.7. The molecule has 1 aliphatic rings. The molecule has 0 aliphatic carbocycles. The van der Waals surface area contributed by atoms with Crippen molar-refractivity contribution < 1.29 is 52.3 Å². The molecule has 1 unspecified atom stereocenters. The molecule has 1 atom stereocenters. The first-order valence-corrected chi connectivity index (χ1v) is 13.4. The highest BCUT2D eigenvalue weighted by molar-refractivity contribution is 5.96. The van der Waals surface area contributed by atoms with Crippen LogP contribution in [-0.4, -0.2) is 145 Å². The summed E-state index contributed by atoms with van der Waals surface area (Å²) in [5, 5.41) is 3.35. The number of esters is 2. The average molecular weight is 590 g/mol. The van der Waals surface area contributed by atoms with E-state index in [2.05, 4.69) is 10.0 Å². The van der Waals surface area contributed by atoms with E-state index in [1.807, 2.05) is 0 Å². The number of nitrogens with zero attached hydrogens (tertiary/aromatic N) is 5. The number of carbonyl (C=O) groups is 4. The first-order chi connectivity index (χ1) is 19.6. The predicted molar refractivity (Wildman–Crippen MR) is 143 cm³/mol. The molecular formula is C25H43N5O11. The minimum atomic E-state index is -1.04. The number of hydrogen-bond donors (Lipinski definition) is 0. The third-order valence-corrected chi connectivity index (χ3v) is 5.35. The molecular weight excluding hydrogens is 546 g/mol. The molecule has 1 saturated heterocycles. The molecule has 0 spiro atoms. The first kappa shape index (κ1) is 36.0. The highest BCUT2D eigenvalue weighted by atomic mass is 16.6. The average Bonchev–Trinajstić information content (AvgIpc) is 2.92. The van der Waals surface area contributed by atoms with Gasteiger partial charge in [0, 0.05) is 24.5 Å². The van der Waals surface area contributed by atoms with Gasteiger partial charge in [-0.3, -0.25) is 14.4 Å². The molecule has 0 N–H and O–H groups in total. The normalized spacial score (nSPS) is 15.3. The molecule has 1 rings (SSSR count). The van der Waals surface area contributed by atoms with E-state index >= 15 is 0 Å². The summed E-state index contributed by atoms with van der Waals surface area (Å²) in [7, 11) is 1.19. The molecule has 2 amide bonds. The fraction of sp³-hybridized carbons (Fsp3) is 0.840. The minimum Gasteiger partial charge on any atom is -0.467 e. The Morgan fingerprint density at radius 3 is 1.88 bits per heavy atom. The molecule has 16 nitrogen and oxygen atoms in total. The van der Waals surface area contributed by atoms with E-state index < -0.39 is 35.9 Å². The summed E-state index contributed by atoms with van der Waals surface area (Å²) in [4.78, 5) is 55.0. The van der Waals surface area contributed by atoms with Crippen LogP contribution < -0.4 is 0 Å². The smallest absolute Gasteiger partial charge is 0.330 e. The fourth-order valence-electron chi connectivity index (χ4n) is 3.53. The first-order valence-electron chi connectivity index (χ1n) is 13.4. The zero-order chi connectivity index (χ0) is 30.5. The van der Waals surface area contributed by atoms with Gasteiger partial charge in [0.25, 0.3) is 0 Å². The lowest BCUT2D eigenvalue weighted by atomic mass is 10.1. The van der Waals surface area contributed by atoms with E-state index in [4.69, 9.17) is 38.7 Å². The third-order valence-electron chi connectivity index (χ3n) is 5.35. The summed E-state index contributed by atoms with van der Waals surface area (Å²) in [5.74, 6) is -2.30. The van der Waals surface area contributed by atoms with Crippen LogP contribution in [0.3, 0.4) is 0 Å². The third kappa shape index (κ3) is 16.8. The van der Waals surface area contributed by atoms with Crippen molar-refractivity contribution in [3.8, 4) is 0 Å². The van der Waals surface area contributed by atoms with Crippen LogP contribution in [0.2, 0.25) is 0 Å². The molecule has 0 saturated carbocycles. The molecule has 1 fully saturated rings. The van der Waals surface area contributed by atoms with Crippen LogP contribution in [0.4, 0.5) is 0 Å². The number of hydrogen-bond acceptors (Lipinski definition) is 12. The van der Waals surface area contributed by atoms with Gasteiger partial charge in [-0.2, -0.15) is 0 Å². The molecule has 0 aromatic heterocycles. The van der Waals surface area contributed by atoms with E-state index in [1.165, 1.54) is 16.9 Å². The fourth-order valence-corrected chi connectivity index (χ4v) is 3.53. The van der Waals surface area contributed by atoms with E-state index in [0.717, 1.165) is 0 Å². The number of carbonyl (C=O) groups excluding carboxylic acids is 4.